The molecule has 1 aromatic rings. The van der Waals surface area contributed by atoms with Crippen LogP contribution in [0.2, 0.25) is 0 Å². The lowest BCUT2D eigenvalue weighted by Crippen LogP contribution is -2.39. The molecule has 0 aliphatic heterocycles. The van der Waals surface area contributed by atoms with Crippen molar-refractivity contribution in [2.45, 2.75) is 86.6 Å². The average Bonchev–Trinajstić information content (AvgIpc) is 2.68. The van der Waals surface area contributed by atoms with Gasteiger partial charge in [0.25, 0.3) is 0 Å². The first kappa shape index (κ1) is 27.9. The van der Waals surface area contributed by atoms with Gasteiger partial charge in [-0.15, -0.1) is 0 Å². The van der Waals surface area contributed by atoms with Crippen molar-refractivity contribution in [1.82, 2.24) is 14.7 Å². The summed E-state index contributed by atoms with van der Waals surface area (Å²) in [5, 5.41) is 11.3. The lowest BCUT2D eigenvalue weighted by Gasteiger charge is -2.31. The molecule has 1 N–H and O–H groups in total. The van der Waals surface area contributed by atoms with Gasteiger partial charge in [-0.05, 0) is 48.1 Å². The molecule has 0 aliphatic rings. The minimum atomic E-state index is -0.0899. The van der Waals surface area contributed by atoms with E-state index in [-0.39, 0.29) is 10.8 Å². The first-order valence-electron chi connectivity index (χ1n) is 12.4. The molecular formula is C27H51N3O. The zero-order chi connectivity index (χ0) is 23.8. The first-order valence-corrected chi connectivity index (χ1v) is 12.4. The van der Waals surface area contributed by atoms with Crippen molar-refractivity contribution in [2.75, 3.05) is 52.4 Å². The Balaban J connectivity index is 3.25. The van der Waals surface area contributed by atoms with Crippen molar-refractivity contribution in [2.24, 2.45) is 0 Å². The maximum atomic E-state index is 11.3. The molecule has 0 fully saturated rings. The van der Waals surface area contributed by atoms with Crippen molar-refractivity contribution in [1.29, 1.82) is 0 Å². The van der Waals surface area contributed by atoms with E-state index in [0.717, 1.165) is 70.0 Å². The monoisotopic (exact) mass is 433 g/mol. The third-order valence-corrected chi connectivity index (χ3v) is 6.51. The second-order valence-corrected chi connectivity index (χ2v) is 10.9. The highest BCUT2D eigenvalue weighted by atomic mass is 16.3. The van der Waals surface area contributed by atoms with E-state index >= 15 is 0 Å². The number of phenolic OH excluding ortho intramolecular Hbond substituents is 1. The number of hydrogen-bond donors (Lipinski definition) is 1. The third kappa shape index (κ3) is 8.75. The van der Waals surface area contributed by atoms with Crippen LogP contribution in [0.15, 0.2) is 12.1 Å². The lowest BCUT2D eigenvalue weighted by atomic mass is 9.79. The van der Waals surface area contributed by atoms with Crippen molar-refractivity contribution < 1.29 is 5.11 Å². The summed E-state index contributed by atoms with van der Waals surface area (Å²) >= 11 is 0. The summed E-state index contributed by atoms with van der Waals surface area (Å²) in [7, 11) is 0. The topological polar surface area (TPSA) is 30.0 Å². The highest BCUT2D eigenvalue weighted by Crippen LogP contribution is 2.38. The molecule has 4 nitrogen and oxygen atoms in total. The van der Waals surface area contributed by atoms with Crippen LogP contribution in [0.1, 0.15) is 85.9 Å². The maximum absolute atomic E-state index is 11.3. The van der Waals surface area contributed by atoms with Crippen LogP contribution in [-0.2, 0) is 17.4 Å². The lowest BCUT2D eigenvalue weighted by molar-refractivity contribution is 0.179. The molecule has 0 atom stereocenters. The van der Waals surface area contributed by atoms with Crippen LogP contribution in [0, 0.1) is 0 Å². The second kappa shape index (κ2) is 12.2. The van der Waals surface area contributed by atoms with E-state index in [9.17, 15) is 5.11 Å². The number of nitrogens with zero attached hydrogens (tertiary/aromatic N) is 3. The standard InChI is InChI=1S/C27H51N3O/c1-11-28(12-2)15-17-30(18-16-29(13-3)14-4)21-22-19-23(26(5,6)7)20-24(25(22)31)27(8,9)10/h19-20,31H,11-18,21H2,1-10H3. The SMILES string of the molecule is CCN(CC)CCN(CCN(CC)CC)Cc1cc(C(C)(C)C)cc(C(C)(C)C)c1O. The third-order valence-electron chi connectivity index (χ3n) is 6.51. The second-order valence-electron chi connectivity index (χ2n) is 10.9. The summed E-state index contributed by atoms with van der Waals surface area (Å²) in [4.78, 5) is 7.50. The van der Waals surface area contributed by atoms with Gasteiger partial charge >= 0.3 is 0 Å². The molecule has 0 aliphatic carbocycles. The average molecular weight is 434 g/mol. The molecule has 0 bridgehead atoms. The van der Waals surface area contributed by atoms with Crippen LogP contribution in [0.4, 0.5) is 0 Å². The van der Waals surface area contributed by atoms with E-state index < -0.39 is 0 Å². The van der Waals surface area contributed by atoms with Crippen molar-refractivity contribution in [3.63, 3.8) is 0 Å². The minimum absolute atomic E-state index is 0.0513. The Kier molecular flexibility index (Phi) is 11.0. The summed E-state index contributed by atoms with van der Waals surface area (Å²) < 4.78 is 0. The number of aromatic hydroxyl groups is 1. The Labute approximate surface area is 193 Å². The Morgan fingerprint density at radius 2 is 1.06 bits per heavy atom. The predicted molar refractivity (Wildman–Crippen MR) is 136 cm³/mol. The van der Waals surface area contributed by atoms with Crippen molar-refractivity contribution in [3.05, 3.63) is 28.8 Å². The van der Waals surface area contributed by atoms with Gasteiger partial charge in [0, 0.05) is 38.3 Å². The predicted octanol–water partition coefficient (Wildman–Crippen LogP) is 5.47. The van der Waals surface area contributed by atoms with E-state index in [1.165, 1.54) is 5.56 Å². The number of phenols is 1. The van der Waals surface area contributed by atoms with Gasteiger partial charge in [-0.2, -0.15) is 0 Å². The molecule has 1 aromatic carbocycles. The molecular weight excluding hydrogens is 382 g/mol. The summed E-state index contributed by atoms with van der Waals surface area (Å²) in [6.45, 7) is 31.6. The van der Waals surface area contributed by atoms with Gasteiger partial charge in [0.1, 0.15) is 5.75 Å². The smallest absolute Gasteiger partial charge is 0.123 e. The zero-order valence-corrected chi connectivity index (χ0v) is 22.3. The molecule has 0 radical (unpaired) electrons. The summed E-state index contributed by atoms with van der Waals surface area (Å²) in [5.41, 5.74) is 3.39. The van der Waals surface area contributed by atoms with Gasteiger partial charge in [0.2, 0.25) is 0 Å². The van der Waals surface area contributed by atoms with Crippen LogP contribution in [0.5, 0.6) is 5.75 Å². The first-order chi connectivity index (χ1) is 14.4. The zero-order valence-electron chi connectivity index (χ0n) is 22.3. The Morgan fingerprint density at radius 3 is 1.42 bits per heavy atom. The Morgan fingerprint density at radius 1 is 0.645 bits per heavy atom. The van der Waals surface area contributed by atoms with E-state index in [1.54, 1.807) is 0 Å². The van der Waals surface area contributed by atoms with Gasteiger partial charge in [0.05, 0.1) is 0 Å². The van der Waals surface area contributed by atoms with E-state index in [2.05, 4.69) is 96.1 Å². The van der Waals surface area contributed by atoms with Crippen molar-refractivity contribution in [3.8, 4) is 5.75 Å². The molecule has 0 spiro atoms. The minimum Gasteiger partial charge on any atom is -0.507 e. The summed E-state index contributed by atoms with van der Waals surface area (Å²) in [5.74, 6) is 0.483. The van der Waals surface area contributed by atoms with Crippen LogP contribution >= 0.6 is 0 Å². The number of benzene rings is 1. The Hall–Kier alpha value is -1.10. The molecule has 0 unspecified atom stereocenters. The van der Waals surface area contributed by atoms with Gasteiger partial charge in [-0.25, -0.2) is 0 Å². The molecule has 0 heterocycles. The van der Waals surface area contributed by atoms with Crippen LogP contribution in [0.25, 0.3) is 0 Å². The molecule has 31 heavy (non-hydrogen) atoms. The van der Waals surface area contributed by atoms with Gasteiger partial charge in [-0.1, -0.05) is 81.4 Å². The number of hydrogen-bond acceptors (Lipinski definition) is 4. The molecule has 4 heteroatoms. The van der Waals surface area contributed by atoms with Crippen molar-refractivity contribution >= 4 is 0 Å². The highest BCUT2D eigenvalue weighted by molar-refractivity contribution is 5.48. The number of rotatable bonds is 12. The molecule has 180 valence electrons. The molecule has 0 saturated heterocycles. The number of likely N-dealkylation sites (N-methyl/N-ethyl adjacent to an activating group) is 2. The largest absolute Gasteiger partial charge is 0.507 e. The van der Waals surface area contributed by atoms with E-state index in [0.29, 0.717) is 5.75 Å². The Bertz CT molecular complexity index is 634. The summed E-state index contributed by atoms with van der Waals surface area (Å²) in [6, 6.07) is 4.46. The molecule has 0 aromatic heterocycles. The van der Waals surface area contributed by atoms with Crippen LogP contribution in [-0.4, -0.2) is 72.2 Å². The fourth-order valence-electron chi connectivity index (χ4n) is 3.98. The fourth-order valence-corrected chi connectivity index (χ4v) is 3.98. The molecule has 0 saturated carbocycles. The quantitative estimate of drug-likeness (QED) is 0.473. The van der Waals surface area contributed by atoms with Crippen LogP contribution in [0.3, 0.4) is 0 Å². The van der Waals surface area contributed by atoms with E-state index in [1.807, 2.05) is 0 Å². The normalized spacial score (nSPS) is 13.1. The van der Waals surface area contributed by atoms with Gasteiger partial charge in [-0.3, -0.25) is 4.90 Å². The fraction of sp³-hybridized carbons (Fsp3) is 0.778. The van der Waals surface area contributed by atoms with Gasteiger partial charge in [0.15, 0.2) is 0 Å². The van der Waals surface area contributed by atoms with E-state index in [4.69, 9.17) is 0 Å². The highest BCUT2D eigenvalue weighted by Gasteiger charge is 2.25. The molecule has 1 rings (SSSR count). The molecule has 0 amide bonds. The maximum Gasteiger partial charge on any atom is 0.123 e. The summed E-state index contributed by atoms with van der Waals surface area (Å²) in [6.07, 6.45) is 0. The van der Waals surface area contributed by atoms with Gasteiger partial charge < -0.3 is 14.9 Å². The van der Waals surface area contributed by atoms with Crippen LogP contribution < -0.4 is 0 Å².